The van der Waals surface area contributed by atoms with Crippen molar-refractivity contribution in [3.8, 4) is 0 Å². The number of ether oxygens (including phenoxy) is 1. The van der Waals surface area contributed by atoms with Gasteiger partial charge < -0.3 is 9.84 Å². The first-order valence-electron chi connectivity index (χ1n) is 7.56. The molecule has 0 unspecified atom stereocenters. The second kappa shape index (κ2) is 10.3. The van der Waals surface area contributed by atoms with E-state index >= 15 is 0 Å². The third-order valence-electron chi connectivity index (χ3n) is 3.15. The Morgan fingerprint density at radius 2 is 1.91 bits per heavy atom. The van der Waals surface area contributed by atoms with E-state index in [2.05, 4.69) is 6.58 Å². The van der Waals surface area contributed by atoms with E-state index in [1.54, 1.807) is 19.1 Å². The Kier molecular flexibility index (Phi) is 8.32. The van der Waals surface area contributed by atoms with Crippen LogP contribution in [0.4, 0.5) is 0 Å². The van der Waals surface area contributed by atoms with Crippen molar-refractivity contribution in [3.63, 3.8) is 0 Å². The topological polar surface area (TPSA) is 63.6 Å². The van der Waals surface area contributed by atoms with Crippen LogP contribution in [0.5, 0.6) is 0 Å². The van der Waals surface area contributed by atoms with Crippen molar-refractivity contribution < 1.29 is 19.4 Å². The molecule has 4 heteroatoms. The van der Waals surface area contributed by atoms with E-state index in [0.29, 0.717) is 24.8 Å². The van der Waals surface area contributed by atoms with Crippen molar-refractivity contribution in [2.75, 3.05) is 6.61 Å². The first-order chi connectivity index (χ1) is 11.1. The van der Waals surface area contributed by atoms with Crippen LogP contribution in [0.15, 0.2) is 60.2 Å². The summed E-state index contributed by atoms with van der Waals surface area (Å²) in [5.41, 5.74) is 1.58. The molecule has 0 heterocycles. The summed E-state index contributed by atoms with van der Waals surface area (Å²) in [4.78, 5) is 23.7. The number of allylic oxidation sites excluding steroid dienone is 2. The van der Waals surface area contributed by atoms with Gasteiger partial charge in [-0.2, -0.15) is 0 Å². The summed E-state index contributed by atoms with van der Waals surface area (Å²) in [7, 11) is 0. The van der Waals surface area contributed by atoms with E-state index in [0.717, 1.165) is 5.56 Å². The Balaban J connectivity index is 2.80. The highest BCUT2D eigenvalue weighted by molar-refractivity contribution is 6.01. The van der Waals surface area contributed by atoms with Crippen LogP contribution in [-0.2, 0) is 14.3 Å². The molecule has 4 nitrogen and oxygen atoms in total. The molecule has 0 aliphatic carbocycles. The number of benzene rings is 1. The van der Waals surface area contributed by atoms with E-state index in [4.69, 9.17) is 9.84 Å². The van der Waals surface area contributed by atoms with E-state index in [1.165, 1.54) is 0 Å². The van der Waals surface area contributed by atoms with Gasteiger partial charge in [0.1, 0.15) is 0 Å². The van der Waals surface area contributed by atoms with Gasteiger partial charge in [0.15, 0.2) is 0 Å². The molecule has 0 atom stereocenters. The Morgan fingerprint density at radius 3 is 2.52 bits per heavy atom. The summed E-state index contributed by atoms with van der Waals surface area (Å²) >= 11 is 0. The highest BCUT2D eigenvalue weighted by Crippen LogP contribution is 2.11. The van der Waals surface area contributed by atoms with Crippen molar-refractivity contribution in [3.05, 3.63) is 65.8 Å². The van der Waals surface area contributed by atoms with Crippen LogP contribution in [0, 0.1) is 0 Å². The molecule has 0 aliphatic heterocycles. The van der Waals surface area contributed by atoms with Crippen molar-refractivity contribution >= 4 is 18.0 Å². The molecule has 0 spiro atoms. The van der Waals surface area contributed by atoms with Gasteiger partial charge in [-0.1, -0.05) is 62.1 Å². The number of hydrogen-bond donors (Lipinski definition) is 1. The molecule has 1 N–H and O–H groups in total. The summed E-state index contributed by atoms with van der Waals surface area (Å²) in [5.74, 6) is -1.41. The lowest BCUT2D eigenvalue weighted by atomic mass is 10.1. The second-order valence-corrected chi connectivity index (χ2v) is 4.92. The predicted octanol–water partition coefficient (Wildman–Crippen LogP) is 3.43. The Morgan fingerprint density at radius 1 is 1.22 bits per heavy atom. The van der Waals surface area contributed by atoms with Crippen LogP contribution in [-0.4, -0.2) is 23.7 Å². The van der Waals surface area contributed by atoms with Crippen LogP contribution in [0.3, 0.4) is 0 Å². The van der Waals surface area contributed by atoms with E-state index in [-0.39, 0.29) is 12.2 Å². The van der Waals surface area contributed by atoms with E-state index in [9.17, 15) is 9.59 Å². The SMILES string of the molecule is C=C(CC)C(=O)OC(=O)C(=CC=Cc1ccccc1)CCCO. The maximum atomic E-state index is 12.1. The number of rotatable bonds is 8. The fourth-order valence-electron chi connectivity index (χ4n) is 1.73. The summed E-state index contributed by atoms with van der Waals surface area (Å²) in [5, 5.41) is 8.93. The zero-order valence-corrected chi connectivity index (χ0v) is 13.3. The fraction of sp³-hybridized carbons (Fsp3) is 0.263. The van der Waals surface area contributed by atoms with Crippen LogP contribution in [0.25, 0.3) is 6.08 Å². The number of aliphatic hydroxyl groups is 1. The van der Waals surface area contributed by atoms with Crippen molar-refractivity contribution in [1.29, 1.82) is 0 Å². The van der Waals surface area contributed by atoms with Gasteiger partial charge >= 0.3 is 11.9 Å². The first kappa shape index (κ1) is 18.6. The number of hydrogen-bond acceptors (Lipinski definition) is 4. The van der Waals surface area contributed by atoms with Crippen molar-refractivity contribution in [2.24, 2.45) is 0 Å². The summed E-state index contributed by atoms with van der Waals surface area (Å²) in [6, 6.07) is 9.62. The van der Waals surface area contributed by atoms with Crippen LogP contribution >= 0.6 is 0 Å². The molecule has 0 saturated carbocycles. The average Bonchev–Trinajstić information content (AvgIpc) is 2.57. The molecular formula is C19H22O4. The third kappa shape index (κ3) is 6.89. The van der Waals surface area contributed by atoms with Gasteiger partial charge in [0.05, 0.1) is 0 Å². The van der Waals surface area contributed by atoms with Gasteiger partial charge in [-0.05, 0) is 24.8 Å². The summed E-state index contributed by atoms with van der Waals surface area (Å²) in [6.45, 7) is 5.27. The van der Waals surface area contributed by atoms with Gasteiger partial charge in [0.25, 0.3) is 0 Å². The summed E-state index contributed by atoms with van der Waals surface area (Å²) in [6.07, 6.45) is 6.35. The van der Waals surface area contributed by atoms with Gasteiger partial charge in [0, 0.05) is 17.8 Å². The van der Waals surface area contributed by atoms with E-state index in [1.807, 2.05) is 36.4 Å². The van der Waals surface area contributed by atoms with Crippen LogP contribution in [0.2, 0.25) is 0 Å². The monoisotopic (exact) mass is 314 g/mol. The maximum absolute atomic E-state index is 12.1. The summed E-state index contributed by atoms with van der Waals surface area (Å²) < 4.78 is 4.80. The van der Waals surface area contributed by atoms with Gasteiger partial charge in [0.2, 0.25) is 0 Å². The molecule has 0 aromatic heterocycles. The predicted molar refractivity (Wildman–Crippen MR) is 90.4 cm³/mol. The molecule has 1 aromatic rings. The third-order valence-corrected chi connectivity index (χ3v) is 3.15. The van der Waals surface area contributed by atoms with Gasteiger partial charge in [-0.25, -0.2) is 9.59 Å². The fourth-order valence-corrected chi connectivity index (χ4v) is 1.73. The normalized spacial score (nSPS) is 11.5. The molecule has 0 aliphatic rings. The number of esters is 2. The molecule has 122 valence electrons. The van der Waals surface area contributed by atoms with E-state index < -0.39 is 11.9 Å². The zero-order valence-electron chi connectivity index (χ0n) is 13.3. The van der Waals surface area contributed by atoms with Crippen LogP contribution in [0.1, 0.15) is 31.7 Å². The lowest BCUT2D eigenvalue weighted by molar-refractivity contribution is -0.154. The number of aliphatic hydroxyl groups excluding tert-OH is 1. The standard InChI is InChI=1S/C19H22O4/c1-3-15(2)18(21)23-19(22)17(13-8-14-20)12-7-11-16-9-5-4-6-10-16/h4-7,9-12,20H,2-3,8,13-14H2,1H3. The molecule has 0 radical (unpaired) electrons. The Hall–Kier alpha value is -2.46. The molecule has 0 bridgehead atoms. The highest BCUT2D eigenvalue weighted by Gasteiger charge is 2.16. The largest absolute Gasteiger partial charge is 0.396 e. The molecule has 23 heavy (non-hydrogen) atoms. The number of carbonyl (C=O) groups is 2. The minimum absolute atomic E-state index is 0.0391. The lowest BCUT2D eigenvalue weighted by Crippen LogP contribution is -2.15. The number of carbonyl (C=O) groups excluding carboxylic acids is 2. The molecular weight excluding hydrogens is 292 g/mol. The minimum atomic E-state index is -0.709. The quantitative estimate of drug-likeness (QED) is 0.345. The van der Waals surface area contributed by atoms with Crippen molar-refractivity contribution in [1.82, 2.24) is 0 Å². The highest BCUT2D eigenvalue weighted by atomic mass is 16.6. The van der Waals surface area contributed by atoms with Crippen LogP contribution < -0.4 is 0 Å². The molecule has 1 aromatic carbocycles. The molecule has 0 amide bonds. The lowest BCUT2D eigenvalue weighted by Gasteiger charge is -2.06. The Labute approximate surface area is 136 Å². The van der Waals surface area contributed by atoms with Gasteiger partial charge in [-0.15, -0.1) is 0 Å². The molecule has 0 saturated heterocycles. The van der Waals surface area contributed by atoms with Gasteiger partial charge in [-0.3, -0.25) is 0 Å². The zero-order chi connectivity index (χ0) is 17.1. The van der Waals surface area contributed by atoms with Crippen molar-refractivity contribution in [2.45, 2.75) is 26.2 Å². The smallest absolute Gasteiger partial charge is 0.341 e. The molecule has 1 rings (SSSR count). The maximum Gasteiger partial charge on any atom is 0.341 e. The molecule has 0 fully saturated rings. The average molecular weight is 314 g/mol. The minimum Gasteiger partial charge on any atom is -0.396 e. The second-order valence-electron chi connectivity index (χ2n) is 4.92. The first-order valence-corrected chi connectivity index (χ1v) is 7.56. The Bertz CT molecular complexity index is 597.